The summed E-state index contributed by atoms with van der Waals surface area (Å²) < 4.78 is 6.10. The van der Waals surface area contributed by atoms with Gasteiger partial charge in [-0.1, -0.05) is 83.1 Å². The Balaban J connectivity index is 1.42. The van der Waals surface area contributed by atoms with Crippen LogP contribution >= 0.6 is 47.2 Å². The molecule has 1 heterocycles. The Morgan fingerprint density at radius 1 is 1.12 bits per heavy atom. The fourth-order valence-electron chi connectivity index (χ4n) is 3.17. The number of thiocarbonyl (C=S) groups is 1. The molecule has 1 saturated heterocycles. The maximum atomic E-state index is 13.0. The lowest BCUT2D eigenvalue weighted by molar-refractivity contribution is -0.118. The molecule has 3 aromatic rings. The smallest absolute Gasteiger partial charge is 0.270 e. The van der Waals surface area contributed by atoms with Crippen molar-refractivity contribution in [1.82, 2.24) is 0 Å². The zero-order valence-electron chi connectivity index (χ0n) is 17.9. The topological polar surface area (TPSA) is 58.6 Å². The van der Waals surface area contributed by atoms with Gasteiger partial charge in [0.15, 0.2) is 10.9 Å². The number of hydrogen-bond acceptors (Lipinski definition) is 5. The average molecular weight is 529 g/mol. The molecule has 0 unspecified atom stereocenters. The Morgan fingerprint density at radius 3 is 2.62 bits per heavy atom. The molecule has 34 heavy (non-hydrogen) atoms. The van der Waals surface area contributed by atoms with Crippen molar-refractivity contribution >= 4 is 80.8 Å². The second-order valence-corrected chi connectivity index (χ2v) is 9.82. The van der Waals surface area contributed by atoms with Crippen LogP contribution in [0.1, 0.15) is 11.1 Å². The van der Waals surface area contributed by atoms with Gasteiger partial charge in [-0.15, -0.1) is 0 Å². The molecule has 0 aromatic heterocycles. The number of amides is 2. The van der Waals surface area contributed by atoms with Crippen LogP contribution in [0, 0.1) is 6.92 Å². The lowest BCUT2D eigenvalue weighted by atomic mass is 10.2. The molecule has 3 aromatic carbocycles. The maximum Gasteiger partial charge on any atom is 0.270 e. The first kappa shape index (κ1) is 24.3. The predicted octanol–water partition coefficient (Wildman–Crippen LogP) is 6.73. The molecule has 0 saturated carbocycles. The molecule has 0 aliphatic carbocycles. The number of carbonyl (C=O) groups excluding carboxylic acids is 2. The number of benzene rings is 3. The first-order chi connectivity index (χ1) is 16.3. The first-order valence-corrected chi connectivity index (χ1v) is 12.1. The number of ether oxygens (including phenoxy) is 1. The summed E-state index contributed by atoms with van der Waals surface area (Å²) in [5.74, 6) is -0.0772. The quantitative estimate of drug-likeness (QED) is 0.284. The fraction of sp³-hybridized carbons (Fsp3) is 0.0800. The van der Waals surface area contributed by atoms with Gasteiger partial charge in [0, 0.05) is 0 Å². The molecule has 0 bridgehead atoms. The van der Waals surface area contributed by atoms with Crippen LogP contribution in [0.5, 0.6) is 5.75 Å². The van der Waals surface area contributed by atoms with Crippen molar-refractivity contribution in [3.05, 3.63) is 92.8 Å². The minimum Gasteiger partial charge on any atom is -0.484 e. The zero-order chi connectivity index (χ0) is 24.2. The SMILES string of the molecule is Cc1ccc(N2C(=O)/C(=C/c3cccc(OCC(=O)Nc4cccc(Cl)c4Cl)c3)SC2=S)cc1. The van der Waals surface area contributed by atoms with E-state index in [4.69, 9.17) is 40.2 Å². The van der Waals surface area contributed by atoms with Gasteiger partial charge >= 0.3 is 0 Å². The number of carbonyl (C=O) groups is 2. The second kappa shape index (κ2) is 10.6. The van der Waals surface area contributed by atoms with E-state index in [1.165, 1.54) is 16.7 Å². The maximum absolute atomic E-state index is 13.0. The molecule has 0 radical (unpaired) electrons. The van der Waals surface area contributed by atoms with Crippen LogP contribution < -0.4 is 15.0 Å². The average Bonchev–Trinajstić information content (AvgIpc) is 3.09. The molecule has 1 aliphatic heterocycles. The molecule has 1 fully saturated rings. The largest absolute Gasteiger partial charge is 0.484 e. The van der Waals surface area contributed by atoms with E-state index >= 15 is 0 Å². The summed E-state index contributed by atoms with van der Waals surface area (Å²) in [6.07, 6.45) is 1.76. The highest BCUT2D eigenvalue weighted by molar-refractivity contribution is 8.27. The highest BCUT2D eigenvalue weighted by atomic mass is 35.5. The van der Waals surface area contributed by atoms with Gasteiger partial charge in [-0.25, -0.2) is 0 Å². The highest BCUT2D eigenvalue weighted by Crippen LogP contribution is 2.36. The van der Waals surface area contributed by atoms with E-state index in [1.807, 2.05) is 37.3 Å². The van der Waals surface area contributed by atoms with E-state index in [0.717, 1.165) is 16.8 Å². The highest BCUT2D eigenvalue weighted by Gasteiger charge is 2.33. The molecule has 4 rings (SSSR count). The number of hydrogen-bond donors (Lipinski definition) is 1. The van der Waals surface area contributed by atoms with Gasteiger partial charge in [0.25, 0.3) is 11.8 Å². The van der Waals surface area contributed by atoms with Crippen LogP contribution in [0.3, 0.4) is 0 Å². The Hall–Kier alpha value is -2.84. The molecule has 0 atom stereocenters. The number of halogens is 2. The van der Waals surface area contributed by atoms with Crippen molar-refractivity contribution in [1.29, 1.82) is 0 Å². The van der Waals surface area contributed by atoms with E-state index < -0.39 is 0 Å². The Kier molecular flexibility index (Phi) is 7.58. The number of nitrogens with zero attached hydrogens (tertiary/aromatic N) is 1. The lowest BCUT2D eigenvalue weighted by Crippen LogP contribution is -2.27. The van der Waals surface area contributed by atoms with Gasteiger partial charge in [-0.3, -0.25) is 14.5 Å². The van der Waals surface area contributed by atoms with Crippen molar-refractivity contribution in [2.75, 3.05) is 16.8 Å². The van der Waals surface area contributed by atoms with Gasteiger partial charge < -0.3 is 10.1 Å². The number of aryl methyl sites for hydroxylation is 1. The fourth-order valence-corrected chi connectivity index (χ4v) is 4.81. The third-order valence-corrected chi connectivity index (χ3v) is 6.96. The molecular formula is C25H18Cl2N2O3S2. The third-order valence-electron chi connectivity index (χ3n) is 4.84. The van der Waals surface area contributed by atoms with Crippen molar-refractivity contribution in [2.45, 2.75) is 6.92 Å². The summed E-state index contributed by atoms with van der Waals surface area (Å²) in [6, 6.07) is 19.7. The minimum absolute atomic E-state index is 0.178. The van der Waals surface area contributed by atoms with Crippen molar-refractivity contribution < 1.29 is 14.3 Å². The molecular weight excluding hydrogens is 511 g/mol. The zero-order valence-corrected chi connectivity index (χ0v) is 21.0. The van der Waals surface area contributed by atoms with Gasteiger partial charge in [0.2, 0.25) is 0 Å². The van der Waals surface area contributed by atoms with Crippen LogP contribution in [-0.2, 0) is 9.59 Å². The summed E-state index contributed by atoms with van der Waals surface area (Å²) in [5, 5.41) is 3.28. The standard InChI is InChI=1S/C25H18Cl2N2O3S2/c1-15-8-10-17(11-9-15)29-24(31)21(34-25(29)33)13-16-4-2-5-18(12-16)32-14-22(30)28-20-7-3-6-19(26)23(20)27/h2-13H,14H2,1H3,(H,28,30)/b21-13-. The van der Waals surface area contributed by atoms with Gasteiger partial charge in [-0.2, -0.15) is 0 Å². The van der Waals surface area contributed by atoms with Crippen LogP contribution in [0.2, 0.25) is 10.0 Å². The Bertz CT molecular complexity index is 1310. The summed E-state index contributed by atoms with van der Waals surface area (Å²) >= 11 is 18.7. The van der Waals surface area contributed by atoms with Crippen LogP contribution in [-0.4, -0.2) is 22.7 Å². The van der Waals surface area contributed by atoms with Crippen LogP contribution in [0.15, 0.2) is 71.6 Å². The molecule has 1 N–H and O–H groups in total. The number of anilines is 2. The minimum atomic E-state index is -0.381. The Morgan fingerprint density at radius 2 is 1.85 bits per heavy atom. The number of nitrogens with one attached hydrogen (secondary N) is 1. The molecule has 5 nitrogen and oxygen atoms in total. The van der Waals surface area contributed by atoms with E-state index in [-0.39, 0.29) is 23.4 Å². The van der Waals surface area contributed by atoms with Crippen molar-refractivity contribution in [3.63, 3.8) is 0 Å². The molecule has 9 heteroatoms. The predicted molar refractivity (Wildman–Crippen MR) is 144 cm³/mol. The van der Waals surface area contributed by atoms with Crippen molar-refractivity contribution in [2.24, 2.45) is 0 Å². The summed E-state index contributed by atoms with van der Waals surface area (Å²) in [7, 11) is 0. The lowest BCUT2D eigenvalue weighted by Gasteiger charge is -2.14. The van der Waals surface area contributed by atoms with E-state index in [1.54, 1.807) is 42.5 Å². The Labute approximate surface area is 216 Å². The number of thioether (sulfide) groups is 1. The second-order valence-electron chi connectivity index (χ2n) is 7.36. The molecule has 0 spiro atoms. The van der Waals surface area contributed by atoms with Gasteiger partial charge in [-0.05, 0) is 55.0 Å². The summed E-state index contributed by atoms with van der Waals surface area (Å²) in [6.45, 7) is 1.76. The molecule has 172 valence electrons. The summed E-state index contributed by atoms with van der Waals surface area (Å²) in [5.41, 5.74) is 3.00. The number of rotatable bonds is 6. The van der Waals surface area contributed by atoms with Crippen LogP contribution in [0.25, 0.3) is 6.08 Å². The monoisotopic (exact) mass is 528 g/mol. The van der Waals surface area contributed by atoms with Crippen molar-refractivity contribution in [3.8, 4) is 5.75 Å². The first-order valence-electron chi connectivity index (χ1n) is 10.1. The summed E-state index contributed by atoms with van der Waals surface area (Å²) in [4.78, 5) is 27.3. The third kappa shape index (κ3) is 5.62. The normalized spacial score (nSPS) is 14.6. The van der Waals surface area contributed by atoms with Crippen LogP contribution in [0.4, 0.5) is 11.4 Å². The molecule has 2 amide bonds. The van der Waals surface area contributed by atoms with Gasteiger partial charge in [0.1, 0.15) is 5.75 Å². The van der Waals surface area contributed by atoms with Gasteiger partial charge in [0.05, 0.1) is 26.3 Å². The van der Waals surface area contributed by atoms with E-state index in [2.05, 4.69) is 5.32 Å². The molecule has 1 aliphatic rings. The van der Waals surface area contributed by atoms with E-state index in [0.29, 0.717) is 25.7 Å². The van der Waals surface area contributed by atoms with E-state index in [9.17, 15) is 9.59 Å².